The molecule has 1 atom stereocenters. The second-order valence-corrected chi connectivity index (χ2v) is 4.44. The highest BCUT2D eigenvalue weighted by atomic mass is 79.9. The van der Waals surface area contributed by atoms with Crippen LogP contribution in [0.1, 0.15) is 19.8 Å². The molecule has 0 aliphatic heterocycles. The van der Waals surface area contributed by atoms with Gasteiger partial charge in [-0.15, -0.1) is 0 Å². The van der Waals surface area contributed by atoms with E-state index in [1.165, 1.54) is 12.1 Å². The zero-order valence-electron chi connectivity index (χ0n) is 9.34. The lowest BCUT2D eigenvalue weighted by Gasteiger charge is -2.09. The molecule has 0 spiro atoms. The van der Waals surface area contributed by atoms with Crippen molar-refractivity contribution in [3.05, 3.63) is 28.5 Å². The van der Waals surface area contributed by atoms with E-state index in [1.54, 1.807) is 6.07 Å². The maximum Gasteiger partial charge on any atom is 0.241 e. The molecule has 90 valence electrons. The standard InChI is InChI=1S/C12H12BrFN2O/c1-2-3-8(7-15)12(17)16-9-4-5-10(13)11(14)6-9/h4-6,8H,2-3H2,1H3,(H,16,17). The van der Waals surface area contributed by atoms with Gasteiger partial charge in [-0.25, -0.2) is 4.39 Å². The summed E-state index contributed by atoms with van der Waals surface area (Å²) >= 11 is 3.02. The van der Waals surface area contributed by atoms with E-state index in [0.717, 1.165) is 6.42 Å². The first-order chi connectivity index (χ1) is 8.08. The van der Waals surface area contributed by atoms with E-state index in [2.05, 4.69) is 21.2 Å². The lowest BCUT2D eigenvalue weighted by Crippen LogP contribution is -2.21. The number of anilines is 1. The lowest BCUT2D eigenvalue weighted by atomic mass is 10.0. The minimum absolute atomic E-state index is 0.334. The number of benzene rings is 1. The van der Waals surface area contributed by atoms with Crippen LogP contribution >= 0.6 is 15.9 Å². The summed E-state index contributed by atoms with van der Waals surface area (Å²) < 4.78 is 13.5. The predicted octanol–water partition coefficient (Wildman–Crippen LogP) is 3.47. The largest absolute Gasteiger partial charge is 0.325 e. The maximum atomic E-state index is 13.2. The third kappa shape index (κ3) is 3.82. The monoisotopic (exact) mass is 298 g/mol. The summed E-state index contributed by atoms with van der Waals surface area (Å²) in [5, 5.41) is 11.3. The second-order valence-electron chi connectivity index (χ2n) is 3.59. The molecule has 0 radical (unpaired) electrons. The number of nitriles is 1. The molecule has 1 unspecified atom stereocenters. The molecule has 0 bridgehead atoms. The van der Waals surface area contributed by atoms with Crippen molar-refractivity contribution in [2.45, 2.75) is 19.8 Å². The molecule has 3 nitrogen and oxygen atoms in total. The normalized spacial score (nSPS) is 11.6. The fourth-order valence-corrected chi connectivity index (χ4v) is 1.59. The molecule has 17 heavy (non-hydrogen) atoms. The van der Waals surface area contributed by atoms with Gasteiger partial charge in [0.25, 0.3) is 0 Å². The Hall–Kier alpha value is -1.41. The average molecular weight is 299 g/mol. The van der Waals surface area contributed by atoms with Gasteiger partial charge in [-0.3, -0.25) is 4.79 Å². The van der Waals surface area contributed by atoms with E-state index >= 15 is 0 Å². The van der Waals surface area contributed by atoms with Crippen molar-refractivity contribution >= 4 is 27.5 Å². The number of nitrogens with zero attached hydrogens (tertiary/aromatic N) is 1. The number of rotatable bonds is 4. The highest BCUT2D eigenvalue weighted by Gasteiger charge is 2.16. The smallest absolute Gasteiger partial charge is 0.241 e. The number of amides is 1. The van der Waals surface area contributed by atoms with Crippen LogP contribution in [0, 0.1) is 23.1 Å². The van der Waals surface area contributed by atoms with Crippen LogP contribution in [-0.2, 0) is 4.79 Å². The molecule has 0 saturated carbocycles. The van der Waals surface area contributed by atoms with Crippen LogP contribution in [-0.4, -0.2) is 5.91 Å². The molecule has 5 heteroatoms. The summed E-state index contributed by atoms with van der Waals surface area (Å²) in [6.07, 6.45) is 1.25. The fraction of sp³-hybridized carbons (Fsp3) is 0.333. The molecule has 0 aromatic heterocycles. The zero-order chi connectivity index (χ0) is 12.8. The predicted molar refractivity (Wildman–Crippen MR) is 66.7 cm³/mol. The molecule has 1 rings (SSSR count). The molecule has 0 aliphatic rings. The molecule has 1 N–H and O–H groups in total. The first-order valence-electron chi connectivity index (χ1n) is 5.24. The Morgan fingerprint density at radius 3 is 2.88 bits per heavy atom. The van der Waals surface area contributed by atoms with Gasteiger partial charge in [0.1, 0.15) is 11.7 Å². The molecule has 0 fully saturated rings. The second kappa shape index (κ2) is 6.36. The van der Waals surface area contributed by atoms with Gasteiger partial charge >= 0.3 is 0 Å². The number of nitrogens with one attached hydrogen (secondary N) is 1. The average Bonchev–Trinajstić information content (AvgIpc) is 2.30. The van der Waals surface area contributed by atoms with Gasteiger partial charge in [-0.05, 0) is 40.5 Å². The van der Waals surface area contributed by atoms with Gasteiger partial charge < -0.3 is 5.32 Å². The van der Waals surface area contributed by atoms with Crippen molar-refractivity contribution in [1.82, 2.24) is 0 Å². The van der Waals surface area contributed by atoms with Crippen molar-refractivity contribution in [3.63, 3.8) is 0 Å². The Morgan fingerprint density at radius 1 is 1.65 bits per heavy atom. The van der Waals surface area contributed by atoms with Crippen LogP contribution in [0.3, 0.4) is 0 Å². The minimum atomic E-state index is -0.688. The topological polar surface area (TPSA) is 52.9 Å². The summed E-state index contributed by atoms with van der Waals surface area (Å²) in [7, 11) is 0. The van der Waals surface area contributed by atoms with Crippen molar-refractivity contribution < 1.29 is 9.18 Å². The summed E-state index contributed by atoms with van der Waals surface area (Å²) in [4.78, 5) is 11.7. The first-order valence-corrected chi connectivity index (χ1v) is 6.03. The summed E-state index contributed by atoms with van der Waals surface area (Å²) in [6.45, 7) is 1.90. The molecular formula is C12H12BrFN2O. The Kier molecular flexibility index (Phi) is 5.11. The first kappa shape index (κ1) is 13.7. The zero-order valence-corrected chi connectivity index (χ0v) is 10.9. The minimum Gasteiger partial charge on any atom is -0.325 e. The van der Waals surface area contributed by atoms with Crippen LogP contribution in [0.2, 0.25) is 0 Å². The van der Waals surface area contributed by atoms with Gasteiger partial charge in [0, 0.05) is 5.69 Å². The highest BCUT2D eigenvalue weighted by molar-refractivity contribution is 9.10. The molecule has 1 aromatic carbocycles. The Bertz CT molecular complexity index is 456. The van der Waals surface area contributed by atoms with Crippen LogP contribution in [0.5, 0.6) is 0 Å². The number of hydrogen-bond donors (Lipinski definition) is 1. The number of carbonyl (C=O) groups is 1. The van der Waals surface area contributed by atoms with Gasteiger partial charge in [-0.1, -0.05) is 13.3 Å². The van der Waals surface area contributed by atoms with Crippen LogP contribution in [0.25, 0.3) is 0 Å². The van der Waals surface area contributed by atoms with E-state index in [-0.39, 0.29) is 0 Å². The maximum absolute atomic E-state index is 13.2. The van der Waals surface area contributed by atoms with Gasteiger partial charge in [0.15, 0.2) is 0 Å². The summed E-state index contributed by atoms with van der Waals surface area (Å²) in [5.74, 6) is -1.53. The van der Waals surface area contributed by atoms with E-state index in [9.17, 15) is 9.18 Å². The van der Waals surface area contributed by atoms with E-state index in [1.807, 2.05) is 13.0 Å². The Labute approximate surface area is 108 Å². The van der Waals surface area contributed by atoms with Crippen molar-refractivity contribution in [2.24, 2.45) is 5.92 Å². The van der Waals surface area contributed by atoms with Crippen molar-refractivity contribution in [2.75, 3.05) is 5.32 Å². The van der Waals surface area contributed by atoms with Crippen LogP contribution < -0.4 is 5.32 Å². The Balaban J connectivity index is 2.74. The molecule has 0 saturated heterocycles. The highest BCUT2D eigenvalue weighted by Crippen LogP contribution is 2.20. The van der Waals surface area contributed by atoms with E-state index in [0.29, 0.717) is 16.6 Å². The van der Waals surface area contributed by atoms with Crippen molar-refractivity contribution in [1.29, 1.82) is 5.26 Å². The van der Waals surface area contributed by atoms with Crippen molar-refractivity contribution in [3.8, 4) is 6.07 Å². The summed E-state index contributed by atoms with van der Waals surface area (Å²) in [5.41, 5.74) is 0.354. The molecule has 1 amide bonds. The fourth-order valence-electron chi connectivity index (χ4n) is 1.35. The van der Waals surface area contributed by atoms with Crippen LogP contribution in [0.4, 0.5) is 10.1 Å². The Morgan fingerprint density at radius 2 is 2.35 bits per heavy atom. The summed E-state index contributed by atoms with van der Waals surface area (Å²) in [6, 6.07) is 6.23. The lowest BCUT2D eigenvalue weighted by molar-refractivity contribution is -0.118. The third-order valence-corrected chi connectivity index (χ3v) is 2.88. The van der Waals surface area contributed by atoms with Gasteiger partial charge in [0.2, 0.25) is 5.91 Å². The molecule has 0 aliphatic carbocycles. The SMILES string of the molecule is CCCC(C#N)C(=O)Nc1ccc(Br)c(F)c1. The number of carbonyl (C=O) groups excluding carboxylic acids is 1. The van der Waals surface area contributed by atoms with Gasteiger partial charge in [0.05, 0.1) is 10.5 Å². The number of hydrogen-bond acceptors (Lipinski definition) is 2. The van der Waals surface area contributed by atoms with E-state index in [4.69, 9.17) is 5.26 Å². The number of halogens is 2. The van der Waals surface area contributed by atoms with E-state index < -0.39 is 17.6 Å². The third-order valence-electron chi connectivity index (χ3n) is 2.24. The van der Waals surface area contributed by atoms with Crippen LogP contribution in [0.15, 0.2) is 22.7 Å². The van der Waals surface area contributed by atoms with Gasteiger partial charge in [-0.2, -0.15) is 5.26 Å². The molecule has 1 aromatic rings. The molecular weight excluding hydrogens is 287 g/mol. The quantitative estimate of drug-likeness (QED) is 0.925. The molecule has 0 heterocycles.